The number of carbonyl (C=O) groups excluding carboxylic acids is 2. The predicted octanol–water partition coefficient (Wildman–Crippen LogP) is 4.67. The molecule has 0 aromatic rings. The lowest BCUT2D eigenvalue weighted by Gasteiger charge is -2.58. The van der Waals surface area contributed by atoms with Gasteiger partial charge in [0.1, 0.15) is 0 Å². The summed E-state index contributed by atoms with van der Waals surface area (Å²) >= 11 is 0. The predicted molar refractivity (Wildman–Crippen MR) is 100 cm³/mol. The van der Waals surface area contributed by atoms with Crippen LogP contribution in [0.2, 0.25) is 0 Å². The van der Waals surface area contributed by atoms with Crippen molar-refractivity contribution in [1.82, 2.24) is 0 Å². The lowest BCUT2D eigenvalue weighted by atomic mass is 9.46. The van der Waals surface area contributed by atoms with Crippen LogP contribution in [0.15, 0.2) is 34.8 Å². The summed E-state index contributed by atoms with van der Waals surface area (Å²) in [5, 5.41) is 10.4. The zero-order valence-corrected chi connectivity index (χ0v) is 16.5. The molecule has 142 valence electrons. The van der Waals surface area contributed by atoms with Crippen molar-refractivity contribution >= 4 is 11.6 Å². The van der Waals surface area contributed by atoms with Crippen LogP contribution in [0, 0.1) is 22.7 Å². The Morgan fingerprint density at radius 2 is 1.96 bits per heavy atom. The van der Waals surface area contributed by atoms with Gasteiger partial charge in [0.25, 0.3) is 0 Å². The maximum Gasteiger partial charge on any atom is 0.227 e. The molecule has 1 N–H and O–H groups in total. The lowest BCUT2D eigenvalue weighted by Crippen LogP contribution is -2.50. The Kier molecular flexibility index (Phi) is 4.66. The molecule has 3 rings (SSSR count). The summed E-state index contributed by atoms with van der Waals surface area (Å²) in [5.74, 6) is -0.438. The van der Waals surface area contributed by atoms with Crippen molar-refractivity contribution < 1.29 is 19.4 Å². The second-order valence-electron chi connectivity index (χ2n) is 8.79. The molecule has 0 aromatic carbocycles. The van der Waals surface area contributed by atoms with Gasteiger partial charge in [0.05, 0.1) is 7.11 Å². The van der Waals surface area contributed by atoms with Gasteiger partial charge in [0.2, 0.25) is 11.6 Å². The van der Waals surface area contributed by atoms with Gasteiger partial charge < -0.3 is 9.84 Å². The second kappa shape index (κ2) is 6.40. The average Bonchev–Trinajstić information content (AvgIpc) is 2.61. The number of fused-ring (bicyclic) bond motifs is 1. The molecule has 26 heavy (non-hydrogen) atoms. The first-order chi connectivity index (χ1) is 12.1. The minimum Gasteiger partial charge on any atom is -0.504 e. The van der Waals surface area contributed by atoms with Gasteiger partial charge in [0, 0.05) is 11.6 Å². The summed E-state index contributed by atoms with van der Waals surface area (Å²) in [7, 11) is 1.38. The van der Waals surface area contributed by atoms with E-state index in [1.165, 1.54) is 12.7 Å². The Bertz CT molecular complexity index is 741. The maximum atomic E-state index is 12.8. The molecule has 0 heterocycles. The summed E-state index contributed by atoms with van der Waals surface area (Å²) < 4.78 is 5.08. The van der Waals surface area contributed by atoms with Crippen LogP contribution in [0.4, 0.5) is 0 Å². The number of ketones is 2. The highest BCUT2D eigenvalue weighted by Crippen LogP contribution is 2.62. The van der Waals surface area contributed by atoms with E-state index in [0.717, 1.165) is 31.8 Å². The van der Waals surface area contributed by atoms with Gasteiger partial charge in [-0.15, -0.1) is 0 Å². The molecule has 0 spiro atoms. The van der Waals surface area contributed by atoms with E-state index in [0.29, 0.717) is 18.3 Å². The van der Waals surface area contributed by atoms with Gasteiger partial charge in [-0.05, 0) is 61.7 Å². The van der Waals surface area contributed by atoms with Gasteiger partial charge in [-0.3, -0.25) is 9.59 Å². The normalized spacial score (nSPS) is 37.9. The highest BCUT2D eigenvalue weighted by molar-refractivity contribution is 6.20. The first kappa shape index (κ1) is 18.9. The van der Waals surface area contributed by atoms with E-state index >= 15 is 0 Å². The number of allylic oxidation sites excluding steroid dienone is 4. The van der Waals surface area contributed by atoms with Crippen molar-refractivity contribution in [1.29, 1.82) is 0 Å². The first-order valence-corrected chi connectivity index (χ1v) is 9.59. The first-order valence-electron chi connectivity index (χ1n) is 9.59. The molecule has 0 unspecified atom stereocenters. The van der Waals surface area contributed by atoms with E-state index in [1.807, 2.05) is 0 Å². The highest BCUT2D eigenvalue weighted by atomic mass is 16.5. The minimum atomic E-state index is -0.536. The maximum absolute atomic E-state index is 12.8. The van der Waals surface area contributed by atoms with Crippen molar-refractivity contribution in [2.24, 2.45) is 22.7 Å². The number of carbonyl (C=O) groups is 2. The van der Waals surface area contributed by atoms with Gasteiger partial charge in [0.15, 0.2) is 11.5 Å². The third-order valence-electron chi connectivity index (χ3n) is 7.65. The molecule has 4 atom stereocenters. The van der Waals surface area contributed by atoms with E-state index in [4.69, 9.17) is 4.74 Å². The molecular formula is C22H30O4. The fourth-order valence-electron chi connectivity index (χ4n) is 5.56. The van der Waals surface area contributed by atoms with E-state index in [-0.39, 0.29) is 27.9 Å². The molecule has 3 aliphatic rings. The van der Waals surface area contributed by atoms with Crippen molar-refractivity contribution in [3.8, 4) is 0 Å². The van der Waals surface area contributed by atoms with E-state index in [2.05, 4.69) is 33.8 Å². The number of methoxy groups -OCH3 is 1. The quantitative estimate of drug-likeness (QED) is 0.588. The zero-order valence-electron chi connectivity index (χ0n) is 16.5. The van der Waals surface area contributed by atoms with Crippen LogP contribution >= 0.6 is 0 Å². The van der Waals surface area contributed by atoms with Crippen LogP contribution in [0.1, 0.15) is 59.8 Å². The van der Waals surface area contributed by atoms with E-state index in [9.17, 15) is 14.7 Å². The standard InChI is InChI=1S/C22H30O4/c1-13-7-6-8-18-21(13,3)10-9-14(2)22(18,4)12-15-19(24)16(23)11-17(26-5)20(15)25/h7,11,14,18,24H,6,8-10,12H2,1-5H3/t14-,18-,21+,22+/m0/s1. The Labute approximate surface area is 156 Å². The third kappa shape index (κ3) is 2.65. The molecule has 0 aromatic heterocycles. The number of aliphatic hydroxyl groups is 1. The molecule has 0 bridgehead atoms. The van der Waals surface area contributed by atoms with Crippen molar-refractivity contribution in [3.63, 3.8) is 0 Å². The smallest absolute Gasteiger partial charge is 0.227 e. The monoisotopic (exact) mass is 358 g/mol. The van der Waals surface area contributed by atoms with Crippen LogP contribution in [0.25, 0.3) is 0 Å². The SMILES string of the molecule is COC1=CC(=O)C(O)=C(C[C@@]2(C)[C@H]3CCC=C(C)[C@@]3(C)CC[C@@H]2C)C1=O. The number of hydrogen-bond donors (Lipinski definition) is 1. The molecule has 0 aliphatic heterocycles. The summed E-state index contributed by atoms with van der Waals surface area (Å²) in [6.07, 6.45) is 8.22. The number of hydrogen-bond acceptors (Lipinski definition) is 4. The Morgan fingerprint density at radius 3 is 2.62 bits per heavy atom. The van der Waals surface area contributed by atoms with Crippen LogP contribution < -0.4 is 0 Å². The molecule has 4 heteroatoms. The molecule has 1 fully saturated rings. The Morgan fingerprint density at radius 1 is 1.27 bits per heavy atom. The molecule has 0 saturated heterocycles. The molecule has 0 radical (unpaired) electrons. The van der Waals surface area contributed by atoms with Gasteiger partial charge >= 0.3 is 0 Å². The number of Topliss-reactive ketones (excluding diaryl/α,β-unsaturated/α-hetero) is 1. The Balaban J connectivity index is 2.02. The molecule has 0 amide bonds. The minimum absolute atomic E-state index is 0.0253. The summed E-state index contributed by atoms with van der Waals surface area (Å²) in [6.45, 7) is 9.05. The lowest BCUT2D eigenvalue weighted by molar-refractivity contribution is -0.120. The fraction of sp³-hybridized carbons (Fsp3) is 0.636. The highest BCUT2D eigenvalue weighted by Gasteiger charge is 2.54. The zero-order chi connectivity index (χ0) is 19.3. The third-order valence-corrected chi connectivity index (χ3v) is 7.65. The molecule has 3 aliphatic carbocycles. The van der Waals surface area contributed by atoms with Crippen molar-refractivity contribution in [2.75, 3.05) is 7.11 Å². The summed E-state index contributed by atoms with van der Waals surface area (Å²) in [6, 6.07) is 0. The van der Waals surface area contributed by atoms with Crippen molar-refractivity contribution in [2.45, 2.75) is 59.8 Å². The summed E-state index contributed by atoms with van der Waals surface area (Å²) in [5.41, 5.74) is 1.63. The van der Waals surface area contributed by atoms with Crippen molar-refractivity contribution in [3.05, 3.63) is 34.8 Å². The van der Waals surface area contributed by atoms with Crippen LogP contribution in [-0.4, -0.2) is 23.8 Å². The topological polar surface area (TPSA) is 63.6 Å². The number of aliphatic hydroxyl groups excluding tert-OH is 1. The number of ether oxygens (including phenoxy) is 1. The van der Waals surface area contributed by atoms with Gasteiger partial charge in [-0.2, -0.15) is 0 Å². The second-order valence-corrected chi connectivity index (χ2v) is 8.79. The molecule has 4 nitrogen and oxygen atoms in total. The van der Waals surface area contributed by atoms with E-state index < -0.39 is 11.5 Å². The molecular weight excluding hydrogens is 328 g/mol. The Hall–Kier alpha value is -1.84. The number of rotatable bonds is 3. The van der Waals surface area contributed by atoms with E-state index in [1.54, 1.807) is 0 Å². The van der Waals surface area contributed by atoms with Crippen LogP contribution in [0.5, 0.6) is 0 Å². The van der Waals surface area contributed by atoms with Gasteiger partial charge in [-0.25, -0.2) is 0 Å². The fourth-order valence-corrected chi connectivity index (χ4v) is 5.56. The van der Waals surface area contributed by atoms with Gasteiger partial charge in [-0.1, -0.05) is 32.4 Å². The largest absolute Gasteiger partial charge is 0.504 e. The summed E-state index contributed by atoms with van der Waals surface area (Å²) in [4.78, 5) is 24.9. The molecule has 1 saturated carbocycles. The average molecular weight is 358 g/mol. The van der Waals surface area contributed by atoms with Crippen LogP contribution in [-0.2, 0) is 14.3 Å². The van der Waals surface area contributed by atoms with Crippen LogP contribution in [0.3, 0.4) is 0 Å².